The lowest BCUT2D eigenvalue weighted by atomic mass is 10.3. The summed E-state index contributed by atoms with van der Waals surface area (Å²) >= 11 is 0. The third-order valence-corrected chi connectivity index (χ3v) is 2.56. The summed E-state index contributed by atoms with van der Waals surface area (Å²) in [5.41, 5.74) is 0.329. The predicted octanol–water partition coefficient (Wildman–Crippen LogP) is 3.63. The first-order chi connectivity index (χ1) is 11.3. The Morgan fingerprint density at radius 3 is 1.46 bits per heavy atom. The van der Waals surface area contributed by atoms with Crippen LogP contribution >= 0.6 is 0 Å². The van der Waals surface area contributed by atoms with Gasteiger partial charge in [-0.25, -0.2) is 9.59 Å². The van der Waals surface area contributed by atoms with Gasteiger partial charge in [0.25, 0.3) is 0 Å². The van der Waals surface area contributed by atoms with Gasteiger partial charge in [-0.3, -0.25) is 0 Å². The molecule has 24 heavy (non-hydrogen) atoms. The second-order valence-corrected chi connectivity index (χ2v) is 4.24. The zero-order valence-corrected chi connectivity index (χ0v) is 11.8. The highest BCUT2D eigenvalue weighted by Gasteiger charge is 2.09. The smallest absolute Gasteiger partial charge is 0.504 e. The lowest BCUT2D eigenvalue weighted by Gasteiger charge is -2.04. The average molecular weight is 334 g/mol. The fraction of sp³-hybridized carbons (Fsp3) is 0. The normalized spacial score (nSPS) is 10.5. The number of ether oxygens (including phenoxy) is 2. The molecular formula is C14H10N2O8. The van der Waals surface area contributed by atoms with Crippen LogP contribution in [0.4, 0.5) is 21.0 Å². The number of azo groups is 1. The number of carboxylic acid groups (broad SMARTS) is 2. The molecule has 0 heterocycles. The van der Waals surface area contributed by atoms with Crippen LogP contribution in [0.5, 0.6) is 23.0 Å². The van der Waals surface area contributed by atoms with Gasteiger partial charge in [0, 0.05) is 12.1 Å². The van der Waals surface area contributed by atoms with E-state index >= 15 is 0 Å². The maximum Gasteiger partial charge on any atom is 0.511 e. The molecule has 0 atom stereocenters. The van der Waals surface area contributed by atoms with E-state index in [0.717, 1.165) is 12.1 Å². The van der Waals surface area contributed by atoms with Crippen LogP contribution < -0.4 is 9.47 Å². The molecule has 4 N–H and O–H groups in total. The largest absolute Gasteiger partial charge is 0.511 e. The second-order valence-electron chi connectivity index (χ2n) is 4.24. The van der Waals surface area contributed by atoms with Crippen LogP contribution in [0, 0.1) is 0 Å². The fourth-order valence-electron chi connectivity index (χ4n) is 1.60. The van der Waals surface area contributed by atoms with E-state index < -0.39 is 23.8 Å². The van der Waals surface area contributed by atoms with Gasteiger partial charge in [-0.2, -0.15) is 10.2 Å². The highest BCUT2D eigenvalue weighted by Crippen LogP contribution is 2.33. The molecule has 0 fully saturated rings. The zero-order chi connectivity index (χ0) is 17.7. The Balaban J connectivity index is 2.24. The van der Waals surface area contributed by atoms with Crippen LogP contribution in [-0.4, -0.2) is 32.7 Å². The summed E-state index contributed by atoms with van der Waals surface area (Å²) in [7, 11) is 0. The molecule has 0 aromatic heterocycles. The maximum atomic E-state index is 10.5. The number of rotatable bonds is 4. The van der Waals surface area contributed by atoms with Crippen LogP contribution in [0.2, 0.25) is 0 Å². The van der Waals surface area contributed by atoms with Gasteiger partial charge < -0.3 is 29.9 Å². The van der Waals surface area contributed by atoms with Crippen molar-refractivity contribution < 1.29 is 39.5 Å². The average Bonchev–Trinajstić information content (AvgIpc) is 2.50. The number of hydrogen-bond donors (Lipinski definition) is 4. The summed E-state index contributed by atoms with van der Waals surface area (Å²) < 4.78 is 8.73. The first kappa shape index (κ1) is 16.5. The third kappa shape index (κ3) is 4.34. The van der Waals surface area contributed by atoms with Crippen molar-refractivity contribution in [2.75, 3.05) is 0 Å². The first-order valence-corrected chi connectivity index (χ1v) is 6.24. The van der Waals surface area contributed by atoms with Crippen molar-refractivity contribution >= 4 is 23.7 Å². The molecule has 2 rings (SSSR count). The number of nitrogens with zero attached hydrogens (tertiary/aromatic N) is 2. The standard InChI is InChI=1S/C14H10N2O8/c17-9-3-1-7(5-11(9)23-13(19)20)15-16-8-2-4-10(18)12(6-8)24-14(21)22/h1-6,17-18H,(H,19,20)(H,21,22). The van der Waals surface area contributed by atoms with E-state index in [-0.39, 0.29) is 22.9 Å². The van der Waals surface area contributed by atoms with Gasteiger partial charge in [-0.05, 0) is 24.3 Å². The SMILES string of the molecule is O=C(O)Oc1cc(N=Nc2ccc(O)c(OC(=O)O)c2)ccc1O. The molecule has 2 aromatic carbocycles. The highest BCUT2D eigenvalue weighted by atomic mass is 16.7. The fourth-order valence-corrected chi connectivity index (χ4v) is 1.60. The van der Waals surface area contributed by atoms with Crippen LogP contribution in [0.3, 0.4) is 0 Å². The number of phenolic OH excluding ortho intramolecular Hbond substituents is 2. The Kier molecular flexibility index (Phi) is 4.80. The second kappa shape index (κ2) is 6.96. The molecule has 0 radical (unpaired) electrons. The lowest BCUT2D eigenvalue weighted by Crippen LogP contribution is -2.02. The number of benzene rings is 2. The van der Waals surface area contributed by atoms with E-state index in [1.54, 1.807) is 0 Å². The Labute approximate surface area is 133 Å². The molecule has 0 aliphatic heterocycles. The van der Waals surface area contributed by atoms with E-state index in [1.807, 2.05) is 0 Å². The van der Waals surface area contributed by atoms with E-state index in [4.69, 9.17) is 10.2 Å². The maximum absolute atomic E-state index is 10.5. The number of phenols is 2. The first-order valence-electron chi connectivity index (χ1n) is 6.24. The van der Waals surface area contributed by atoms with Crippen molar-refractivity contribution in [2.24, 2.45) is 10.2 Å². The summed E-state index contributed by atoms with van der Waals surface area (Å²) in [6.45, 7) is 0. The summed E-state index contributed by atoms with van der Waals surface area (Å²) in [5.74, 6) is -1.42. The minimum atomic E-state index is -1.60. The van der Waals surface area contributed by atoms with Gasteiger partial charge in [0.15, 0.2) is 23.0 Å². The predicted molar refractivity (Wildman–Crippen MR) is 77.7 cm³/mol. The summed E-state index contributed by atoms with van der Waals surface area (Å²) in [5, 5.41) is 43.6. The van der Waals surface area contributed by atoms with Gasteiger partial charge in [-0.15, -0.1) is 0 Å². The summed E-state index contributed by atoms with van der Waals surface area (Å²) in [6.07, 6.45) is -3.21. The van der Waals surface area contributed by atoms with Crippen molar-refractivity contribution in [2.45, 2.75) is 0 Å². The van der Waals surface area contributed by atoms with E-state index in [1.165, 1.54) is 24.3 Å². The summed E-state index contributed by atoms with van der Waals surface area (Å²) in [6, 6.07) is 7.32. The van der Waals surface area contributed by atoms with Crippen molar-refractivity contribution in [3.63, 3.8) is 0 Å². The zero-order valence-electron chi connectivity index (χ0n) is 11.8. The Hall–Kier alpha value is -3.82. The minimum absolute atomic E-state index is 0.165. The molecule has 0 amide bonds. The number of aromatic hydroxyl groups is 2. The molecule has 124 valence electrons. The van der Waals surface area contributed by atoms with Crippen molar-refractivity contribution in [3.8, 4) is 23.0 Å². The monoisotopic (exact) mass is 334 g/mol. The van der Waals surface area contributed by atoms with Crippen LogP contribution in [0.1, 0.15) is 0 Å². The highest BCUT2D eigenvalue weighted by molar-refractivity contribution is 5.65. The molecule has 0 saturated heterocycles. The molecule has 0 unspecified atom stereocenters. The number of hydrogen-bond acceptors (Lipinski definition) is 8. The lowest BCUT2D eigenvalue weighted by molar-refractivity contribution is 0.141. The van der Waals surface area contributed by atoms with E-state index in [9.17, 15) is 19.8 Å². The van der Waals surface area contributed by atoms with Crippen molar-refractivity contribution in [1.29, 1.82) is 0 Å². The third-order valence-electron chi connectivity index (χ3n) is 2.56. The van der Waals surface area contributed by atoms with Gasteiger partial charge in [0.1, 0.15) is 0 Å². The molecule has 0 saturated carbocycles. The molecular weight excluding hydrogens is 324 g/mol. The van der Waals surface area contributed by atoms with Crippen LogP contribution in [-0.2, 0) is 0 Å². The van der Waals surface area contributed by atoms with Gasteiger partial charge in [0.2, 0.25) is 0 Å². The van der Waals surface area contributed by atoms with E-state index in [0.29, 0.717) is 0 Å². The van der Waals surface area contributed by atoms with Crippen LogP contribution in [0.25, 0.3) is 0 Å². The van der Waals surface area contributed by atoms with Crippen molar-refractivity contribution in [1.82, 2.24) is 0 Å². The molecule has 2 aromatic rings. The van der Waals surface area contributed by atoms with Gasteiger partial charge >= 0.3 is 12.3 Å². The molecule has 0 bridgehead atoms. The molecule has 10 heteroatoms. The molecule has 0 spiro atoms. The Morgan fingerprint density at radius 2 is 1.12 bits per heavy atom. The van der Waals surface area contributed by atoms with Gasteiger partial charge in [-0.1, -0.05) is 0 Å². The topological polar surface area (TPSA) is 158 Å². The van der Waals surface area contributed by atoms with Crippen LogP contribution in [0.15, 0.2) is 46.6 Å². The quantitative estimate of drug-likeness (QED) is 0.375. The van der Waals surface area contributed by atoms with Crippen molar-refractivity contribution in [3.05, 3.63) is 36.4 Å². The molecule has 0 aliphatic rings. The molecule has 10 nitrogen and oxygen atoms in total. The van der Waals surface area contributed by atoms with E-state index in [2.05, 4.69) is 19.7 Å². The summed E-state index contributed by atoms with van der Waals surface area (Å²) in [4.78, 5) is 21.0. The Bertz CT molecular complexity index is 751. The molecule has 0 aliphatic carbocycles. The Morgan fingerprint density at radius 1 is 0.750 bits per heavy atom. The number of carbonyl (C=O) groups is 2. The minimum Gasteiger partial charge on any atom is -0.504 e. The van der Waals surface area contributed by atoms with Gasteiger partial charge in [0.05, 0.1) is 11.4 Å².